The van der Waals surface area contributed by atoms with E-state index in [1.165, 1.54) is 5.56 Å². The van der Waals surface area contributed by atoms with E-state index in [1.807, 2.05) is 19.2 Å². The van der Waals surface area contributed by atoms with Gasteiger partial charge in [-0.1, -0.05) is 0 Å². The number of nitrogens with one attached hydrogen (secondary N) is 1. The minimum atomic E-state index is 0. The second kappa shape index (κ2) is 12.2. The molecule has 1 aromatic carbocycles. The van der Waals surface area contributed by atoms with Gasteiger partial charge >= 0.3 is 0 Å². The standard InChI is InChI=1S/C21H30N4O3S.HI/c1-22-21(23-13-16-5-10-29-15-16)25-8-6-24(7-9-25)14-17-11-18(26-2)20(28-4)19(12-17)27-3;/h5,10-12,15H,6-9,13-14H2,1-4H3,(H,22,23);1H. The smallest absolute Gasteiger partial charge is 0.203 e. The average Bonchev–Trinajstić information content (AvgIpc) is 3.28. The highest BCUT2D eigenvalue weighted by Gasteiger charge is 2.21. The fourth-order valence-corrected chi connectivity index (χ4v) is 4.18. The Bertz CT molecular complexity index is 784. The maximum Gasteiger partial charge on any atom is 0.203 e. The molecule has 0 saturated carbocycles. The summed E-state index contributed by atoms with van der Waals surface area (Å²) in [5.41, 5.74) is 2.44. The first-order chi connectivity index (χ1) is 14.2. The summed E-state index contributed by atoms with van der Waals surface area (Å²) in [6, 6.07) is 6.18. The highest BCUT2D eigenvalue weighted by Crippen LogP contribution is 2.38. The van der Waals surface area contributed by atoms with E-state index in [4.69, 9.17) is 14.2 Å². The van der Waals surface area contributed by atoms with Gasteiger partial charge in [0.25, 0.3) is 0 Å². The molecule has 2 heterocycles. The first-order valence-electron chi connectivity index (χ1n) is 9.66. The lowest BCUT2D eigenvalue weighted by Gasteiger charge is -2.36. The Morgan fingerprint density at radius 1 is 1.03 bits per heavy atom. The van der Waals surface area contributed by atoms with Gasteiger partial charge in [-0.2, -0.15) is 11.3 Å². The fourth-order valence-electron chi connectivity index (χ4n) is 3.51. The molecular formula is C21H31IN4O3S. The number of methoxy groups -OCH3 is 3. The summed E-state index contributed by atoms with van der Waals surface area (Å²) in [6.07, 6.45) is 0. The summed E-state index contributed by atoms with van der Waals surface area (Å²) in [6.45, 7) is 5.46. The summed E-state index contributed by atoms with van der Waals surface area (Å²) >= 11 is 1.72. The van der Waals surface area contributed by atoms with Gasteiger partial charge in [0.2, 0.25) is 5.75 Å². The lowest BCUT2D eigenvalue weighted by molar-refractivity contribution is 0.172. The van der Waals surface area contributed by atoms with Gasteiger partial charge in [-0.05, 0) is 40.1 Å². The van der Waals surface area contributed by atoms with E-state index in [2.05, 4.69) is 36.9 Å². The van der Waals surface area contributed by atoms with Crippen molar-refractivity contribution in [2.24, 2.45) is 4.99 Å². The monoisotopic (exact) mass is 546 g/mol. The third-order valence-corrected chi connectivity index (χ3v) is 5.78. The van der Waals surface area contributed by atoms with Crippen LogP contribution in [0.2, 0.25) is 0 Å². The Balaban J connectivity index is 0.00000320. The predicted octanol–water partition coefficient (Wildman–Crippen LogP) is 3.29. The van der Waals surface area contributed by atoms with Gasteiger partial charge in [-0.15, -0.1) is 24.0 Å². The van der Waals surface area contributed by atoms with Gasteiger partial charge in [0, 0.05) is 46.3 Å². The molecule has 30 heavy (non-hydrogen) atoms. The van der Waals surface area contributed by atoms with E-state index in [0.717, 1.165) is 50.8 Å². The van der Waals surface area contributed by atoms with Crippen LogP contribution in [0, 0.1) is 0 Å². The Morgan fingerprint density at radius 3 is 2.20 bits per heavy atom. The van der Waals surface area contributed by atoms with Gasteiger partial charge in [0.05, 0.1) is 21.3 Å². The molecule has 166 valence electrons. The molecule has 2 aromatic rings. The molecule has 0 spiro atoms. The first kappa shape index (κ1) is 24.5. The number of aliphatic imine (C=N–C) groups is 1. The molecule has 1 saturated heterocycles. The quantitative estimate of drug-likeness (QED) is 0.327. The Hall–Kier alpha value is -1.72. The van der Waals surface area contributed by atoms with E-state index in [9.17, 15) is 0 Å². The Morgan fingerprint density at radius 2 is 1.70 bits per heavy atom. The summed E-state index contributed by atoms with van der Waals surface area (Å²) in [7, 11) is 6.76. The number of guanidine groups is 1. The highest BCUT2D eigenvalue weighted by molar-refractivity contribution is 14.0. The van der Waals surface area contributed by atoms with Crippen molar-refractivity contribution < 1.29 is 14.2 Å². The summed E-state index contributed by atoms with van der Waals surface area (Å²) in [5, 5.41) is 7.73. The van der Waals surface area contributed by atoms with Crippen LogP contribution in [0.4, 0.5) is 0 Å². The third-order valence-electron chi connectivity index (χ3n) is 5.05. The number of piperazine rings is 1. The number of halogens is 1. The average molecular weight is 546 g/mol. The zero-order valence-electron chi connectivity index (χ0n) is 18.0. The number of thiophene rings is 1. The van der Waals surface area contributed by atoms with Gasteiger partial charge in [-0.25, -0.2) is 0 Å². The van der Waals surface area contributed by atoms with E-state index < -0.39 is 0 Å². The molecule has 1 aliphatic heterocycles. The molecular weight excluding hydrogens is 515 g/mol. The van der Waals surface area contributed by atoms with Crippen molar-refractivity contribution in [3.05, 3.63) is 40.1 Å². The number of hydrogen-bond donors (Lipinski definition) is 1. The van der Waals surface area contributed by atoms with Gasteiger partial charge in [-0.3, -0.25) is 9.89 Å². The van der Waals surface area contributed by atoms with Crippen LogP contribution in [-0.2, 0) is 13.1 Å². The van der Waals surface area contributed by atoms with Gasteiger partial charge in [0.15, 0.2) is 17.5 Å². The van der Waals surface area contributed by atoms with Gasteiger partial charge in [0.1, 0.15) is 0 Å². The van der Waals surface area contributed by atoms with Crippen molar-refractivity contribution in [1.82, 2.24) is 15.1 Å². The lowest BCUT2D eigenvalue weighted by Crippen LogP contribution is -2.52. The molecule has 7 nitrogen and oxygen atoms in total. The molecule has 0 atom stereocenters. The van der Waals surface area contributed by atoms with Crippen molar-refractivity contribution >= 4 is 41.3 Å². The molecule has 1 N–H and O–H groups in total. The van der Waals surface area contributed by atoms with Crippen molar-refractivity contribution in [2.45, 2.75) is 13.1 Å². The molecule has 1 fully saturated rings. The van der Waals surface area contributed by atoms with Crippen molar-refractivity contribution in [2.75, 3.05) is 54.6 Å². The predicted molar refractivity (Wildman–Crippen MR) is 133 cm³/mol. The molecule has 1 aromatic heterocycles. The van der Waals surface area contributed by atoms with Crippen molar-refractivity contribution in [3.63, 3.8) is 0 Å². The van der Waals surface area contributed by atoms with Crippen LogP contribution < -0.4 is 19.5 Å². The van der Waals surface area contributed by atoms with E-state index in [1.54, 1.807) is 32.7 Å². The SMILES string of the molecule is CN=C(NCc1ccsc1)N1CCN(Cc2cc(OC)c(OC)c(OC)c2)CC1.I. The van der Waals surface area contributed by atoms with Gasteiger partial charge < -0.3 is 24.4 Å². The van der Waals surface area contributed by atoms with Crippen LogP contribution in [0.3, 0.4) is 0 Å². The first-order valence-corrected chi connectivity index (χ1v) is 10.6. The zero-order chi connectivity index (χ0) is 20.6. The summed E-state index contributed by atoms with van der Waals surface area (Å²) < 4.78 is 16.4. The third kappa shape index (κ3) is 6.14. The van der Waals surface area contributed by atoms with Crippen molar-refractivity contribution in [1.29, 1.82) is 0 Å². The number of benzene rings is 1. The van der Waals surface area contributed by atoms with Crippen LogP contribution in [0.1, 0.15) is 11.1 Å². The number of rotatable bonds is 7. The zero-order valence-corrected chi connectivity index (χ0v) is 21.2. The number of ether oxygens (including phenoxy) is 3. The molecule has 0 amide bonds. The van der Waals surface area contributed by atoms with E-state index in [-0.39, 0.29) is 24.0 Å². The lowest BCUT2D eigenvalue weighted by atomic mass is 10.1. The largest absolute Gasteiger partial charge is 0.493 e. The molecule has 0 bridgehead atoms. The molecule has 9 heteroatoms. The van der Waals surface area contributed by atoms with Crippen LogP contribution in [0.15, 0.2) is 34.0 Å². The van der Waals surface area contributed by atoms with Crippen LogP contribution in [-0.4, -0.2) is 70.3 Å². The van der Waals surface area contributed by atoms with E-state index >= 15 is 0 Å². The second-order valence-electron chi connectivity index (χ2n) is 6.83. The van der Waals surface area contributed by atoms with Crippen LogP contribution in [0.25, 0.3) is 0 Å². The Kier molecular flexibility index (Phi) is 9.99. The minimum Gasteiger partial charge on any atom is -0.493 e. The second-order valence-corrected chi connectivity index (χ2v) is 7.61. The molecule has 1 aliphatic rings. The Labute approximate surface area is 200 Å². The maximum atomic E-state index is 5.47. The molecule has 0 unspecified atom stereocenters. The molecule has 0 aliphatic carbocycles. The van der Waals surface area contributed by atoms with Crippen LogP contribution in [0.5, 0.6) is 17.2 Å². The van der Waals surface area contributed by atoms with Crippen LogP contribution >= 0.6 is 35.3 Å². The minimum absolute atomic E-state index is 0. The topological polar surface area (TPSA) is 58.6 Å². The molecule has 0 radical (unpaired) electrons. The highest BCUT2D eigenvalue weighted by atomic mass is 127. The summed E-state index contributed by atoms with van der Waals surface area (Å²) in [5.74, 6) is 2.98. The number of nitrogens with zero attached hydrogens (tertiary/aromatic N) is 3. The maximum absolute atomic E-state index is 5.47. The van der Waals surface area contributed by atoms with E-state index in [0.29, 0.717) is 17.2 Å². The van der Waals surface area contributed by atoms with Crippen molar-refractivity contribution in [3.8, 4) is 17.2 Å². The molecule has 3 rings (SSSR count). The number of hydrogen-bond acceptors (Lipinski definition) is 6. The fraction of sp³-hybridized carbons (Fsp3) is 0.476. The summed E-state index contributed by atoms with van der Waals surface area (Å²) in [4.78, 5) is 9.21. The normalized spacial score (nSPS) is 14.8.